The Balaban J connectivity index is 1.99. The molecule has 0 amide bonds. The molecule has 0 saturated heterocycles. The van der Waals surface area contributed by atoms with Crippen molar-refractivity contribution in [3.05, 3.63) is 23.5 Å². The molecule has 0 heterocycles. The van der Waals surface area contributed by atoms with Gasteiger partial charge in [0.2, 0.25) is 0 Å². The van der Waals surface area contributed by atoms with Crippen molar-refractivity contribution in [2.45, 2.75) is 32.6 Å². The third kappa shape index (κ3) is 3.38. The highest BCUT2D eigenvalue weighted by Crippen LogP contribution is 2.31. The molecule has 0 aliphatic heterocycles. The number of anilines is 2. The lowest BCUT2D eigenvalue weighted by Crippen LogP contribution is -2.28. The van der Waals surface area contributed by atoms with Gasteiger partial charge in [0.25, 0.3) is 0 Å². The van der Waals surface area contributed by atoms with E-state index >= 15 is 0 Å². The number of nitrogens with one attached hydrogen (secondary N) is 1. The first-order chi connectivity index (χ1) is 9.11. The molecule has 0 spiro atoms. The number of halogens is 1. The summed E-state index contributed by atoms with van der Waals surface area (Å²) in [6.45, 7) is 2.78. The first-order valence-electron chi connectivity index (χ1n) is 7.02. The van der Waals surface area contributed by atoms with E-state index in [1.165, 1.54) is 18.9 Å². The van der Waals surface area contributed by atoms with Gasteiger partial charge in [-0.15, -0.1) is 0 Å². The highest BCUT2D eigenvalue weighted by atomic mass is 19.1. The number of hydrogen-bond donors (Lipinski definition) is 3. The van der Waals surface area contributed by atoms with Crippen LogP contribution in [-0.4, -0.2) is 18.3 Å². The van der Waals surface area contributed by atoms with E-state index in [2.05, 4.69) is 5.32 Å². The van der Waals surface area contributed by atoms with Crippen LogP contribution in [0.5, 0.6) is 0 Å². The van der Waals surface area contributed by atoms with E-state index < -0.39 is 0 Å². The van der Waals surface area contributed by atoms with Gasteiger partial charge in [-0.3, -0.25) is 0 Å². The minimum atomic E-state index is -0.269. The van der Waals surface area contributed by atoms with Gasteiger partial charge in [0.15, 0.2) is 0 Å². The average Bonchev–Trinajstić information content (AvgIpc) is 2.41. The second-order valence-corrected chi connectivity index (χ2v) is 5.56. The van der Waals surface area contributed by atoms with Crippen molar-refractivity contribution in [3.8, 4) is 0 Å². The van der Waals surface area contributed by atoms with Crippen molar-refractivity contribution in [2.24, 2.45) is 11.8 Å². The van der Waals surface area contributed by atoms with Crippen LogP contribution in [0.15, 0.2) is 12.1 Å². The van der Waals surface area contributed by atoms with Gasteiger partial charge in [0, 0.05) is 13.2 Å². The maximum Gasteiger partial charge on any atom is 0.128 e. The van der Waals surface area contributed by atoms with Crippen molar-refractivity contribution in [3.63, 3.8) is 0 Å². The summed E-state index contributed by atoms with van der Waals surface area (Å²) in [7, 11) is 0. The third-order valence-corrected chi connectivity index (χ3v) is 4.19. The van der Waals surface area contributed by atoms with Gasteiger partial charge in [-0.05, 0) is 49.3 Å². The zero-order valence-corrected chi connectivity index (χ0v) is 11.5. The summed E-state index contributed by atoms with van der Waals surface area (Å²) in [6.07, 6.45) is 4.67. The molecule has 1 fully saturated rings. The van der Waals surface area contributed by atoms with Gasteiger partial charge in [-0.2, -0.15) is 0 Å². The van der Waals surface area contributed by atoms with Gasteiger partial charge in [-0.25, -0.2) is 4.39 Å². The summed E-state index contributed by atoms with van der Waals surface area (Å²) in [5.41, 5.74) is 7.65. The molecule has 106 valence electrons. The van der Waals surface area contributed by atoms with Crippen molar-refractivity contribution < 1.29 is 9.50 Å². The van der Waals surface area contributed by atoms with Crippen LogP contribution in [-0.2, 0) is 0 Å². The Kier molecular flexibility index (Phi) is 4.64. The molecule has 4 heteroatoms. The standard InChI is InChI=1S/C15H23FN2O/c1-10-6-15(14(17)7-13(10)16)18-8-11-4-2-3-5-12(11)9-19/h6-7,11-12,18-19H,2-5,8-9,17H2,1H3. The number of nitrogens with two attached hydrogens (primary N) is 1. The fraction of sp³-hybridized carbons (Fsp3) is 0.600. The molecule has 4 N–H and O–H groups in total. The molecule has 1 aliphatic carbocycles. The molecule has 3 nitrogen and oxygen atoms in total. The van der Waals surface area contributed by atoms with E-state index in [0.717, 1.165) is 25.1 Å². The maximum absolute atomic E-state index is 13.3. The summed E-state index contributed by atoms with van der Waals surface area (Å²) < 4.78 is 13.3. The smallest absolute Gasteiger partial charge is 0.128 e. The number of aliphatic hydroxyl groups excluding tert-OH is 1. The van der Waals surface area contributed by atoms with E-state index in [1.54, 1.807) is 13.0 Å². The molecular formula is C15H23FN2O. The number of aliphatic hydroxyl groups is 1. The van der Waals surface area contributed by atoms with Gasteiger partial charge in [0.1, 0.15) is 5.82 Å². The van der Waals surface area contributed by atoms with Gasteiger partial charge < -0.3 is 16.2 Å². The number of hydrogen-bond acceptors (Lipinski definition) is 3. The third-order valence-electron chi connectivity index (χ3n) is 4.19. The summed E-state index contributed by atoms with van der Waals surface area (Å²) in [6, 6.07) is 3.11. The van der Waals surface area contributed by atoms with Gasteiger partial charge in [-0.1, -0.05) is 12.8 Å². The molecule has 2 unspecified atom stereocenters. The van der Waals surface area contributed by atoms with Gasteiger partial charge in [0.05, 0.1) is 11.4 Å². The lowest BCUT2D eigenvalue weighted by atomic mass is 9.79. The van der Waals surface area contributed by atoms with Crippen LogP contribution in [0.1, 0.15) is 31.2 Å². The number of rotatable bonds is 4. The van der Waals surface area contributed by atoms with Crippen molar-refractivity contribution in [2.75, 3.05) is 24.2 Å². The first kappa shape index (κ1) is 14.1. The summed E-state index contributed by atoms with van der Waals surface area (Å²) in [4.78, 5) is 0. The molecule has 2 atom stereocenters. The van der Waals surface area contributed by atoms with Gasteiger partial charge >= 0.3 is 0 Å². The lowest BCUT2D eigenvalue weighted by molar-refractivity contribution is 0.141. The Morgan fingerprint density at radius 2 is 2.00 bits per heavy atom. The Hall–Kier alpha value is -1.29. The van der Waals surface area contributed by atoms with Crippen molar-refractivity contribution in [1.29, 1.82) is 0 Å². The van der Waals surface area contributed by atoms with Crippen LogP contribution in [0.2, 0.25) is 0 Å². The minimum Gasteiger partial charge on any atom is -0.397 e. The highest BCUT2D eigenvalue weighted by Gasteiger charge is 2.24. The van der Waals surface area contributed by atoms with Crippen LogP contribution in [0.25, 0.3) is 0 Å². The summed E-state index contributed by atoms with van der Waals surface area (Å²) >= 11 is 0. The average molecular weight is 266 g/mol. The number of nitrogen functional groups attached to an aromatic ring is 1. The number of benzene rings is 1. The molecule has 1 aliphatic rings. The Labute approximate surface area is 114 Å². The van der Waals surface area contributed by atoms with E-state index in [-0.39, 0.29) is 12.4 Å². The zero-order chi connectivity index (χ0) is 13.8. The highest BCUT2D eigenvalue weighted by molar-refractivity contribution is 5.67. The molecule has 1 saturated carbocycles. The number of aryl methyl sites for hydroxylation is 1. The Bertz CT molecular complexity index is 436. The fourth-order valence-electron chi connectivity index (χ4n) is 2.88. The molecular weight excluding hydrogens is 243 g/mol. The van der Waals surface area contributed by atoms with E-state index in [0.29, 0.717) is 23.1 Å². The minimum absolute atomic E-state index is 0.254. The first-order valence-corrected chi connectivity index (χ1v) is 7.02. The van der Waals surface area contributed by atoms with E-state index in [4.69, 9.17) is 5.73 Å². The molecule has 0 bridgehead atoms. The maximum atomic E-state index is 13.3. The summed E-state index contributed by atoms with van der Waals surface area (Å²) in [5, 5.41) is 12.7. The molecule has 1 aromatic rings. The Morgan fingerprint density at radius 1 is 1.32 bits per heavy atom. The largest absolute Gasteiger partial charge is 0.397 e. The second-order valence-electron chi connectivity index (χ2n) is 5.56. The predicted molar refractivity (Wildman–Crippen MR) is 76.6 cm³/mol. The molecule has 1 aromatic carbocycles. The SMILES string of the molecule is Cc1cc(NCC2CCCCC2CO)c(N)cc1F. The van der Waals surface area contributed by atoms with Crippen LogP contribution in [0, 0.1) is 24.6 Å². The molecule has 0 aromatic heterocycles. The van der Waals surface area contributed by atoms with Crippen LogP contribution in [0.3, 0.4) is 0 Å². The fourth-order valence-corrected chi connectivity index (χ4v) is 2.88. The quantitative estimate of drug-likeness (QED) is 0.734. The van der Waals surface area contributed by atoms with Crippen LogP contribution in [0.4, 0.5) is 15.8 Å². The Morgan fingerprint density at radius 3 is 2.68 bits per heavy atom. The zero-order valence-electron chi connectivity index (χ0n) is 11.5. The predicted octanol–water partition coefficient (Wildman–Crippen LogP) is 2.93. The monoisotopic (exact) mass is 266 g/mol. The second kappa shape index (κ2) is 6.24. The van der Waals surface area contributed by atoms with Crippen LogP contribution < -0.4 is 11.1 Å². The normalized spacial score (nSPS) is 23.3. The molecule has 19 heavy (non-hydrogen) atoms. The van der Waals surface area contributed by atoms with Crippen molar-refractivity contribution >= 4 is 11.4 Å². The summed E-state index contributed by atoms with van der Waals surface area (Å²) in [5.74, 6) is 0.585. The molecule has 2 rings (SSSR count). The molecule has 0 radical (unpaired) electrons. The van der Waals surface area contributed by atoms with E-state index in [9.17, 15) is 9.50 Å². The lowest BCUT2D eigenvalue weighted by Gasteiger charge is -2.30. The topological polar surface area (TPSA) is 58.3 Å². The van der Waals surface area contributed by atoms with Crippen molar-refractivity contribution in [1.82, 2.24) is 0 Å². The van der Waals surface area contributed by atoms with Crippen LogP contribution >= 0.6 is 0 Å². The van der Waals surface area contributed by atoms with E-state index in [1.807, 2.05) is 0 Å².